The van der Waals surface area contributed by atoms with E-state index in [2.05, 4.69) is 38.0 Å². The summed E-state index contributed by atoms with van der Waals surface area (Å²) in [5.41, 5.74) is -0.601. The van der Waals surface area contributed by atoms with Crippen LogP contribution in [0.3, 0.4) is 0 Å². The molecule has 0 radical (unpaired) electrons. The second-order valence-corrected chi connectivity index (χ2v) is 8.41. The Labute approximate surface area is 138 Å². The number of carbonyl (C=O) groups is 1. The minimum atomic E-state index is -0.454. The van der Waals surface area contributed by atoms with Crippen molar-refractivity contribution in [2.24, 2.45) is 0 Å². The molecule has 0 bridgehead atoms. The van der Waals surface area contributed by atoms with E-state index in [1.54, 1.807) is 11.3 Å². The number of hydrogen-bond donors (Lipinski definition) is 2. The summed E-state index contributed by atoms with van der Waals surface area (Å²) in [6.45, 7) is 7.23. The van der Waals surface area contributed by atoms with Gasteiger partial charge in [0, 0.05) is 22.4 Å². The number of nitrogens with one attached hydrogen (secondary N) is 2. The summed E-state index contributed by atoms with van der Waals surface area (Å²) in [6, 6.07) is 2.06. The van der Waals surface area contributed by atoms with Gasteiger partial charge < -0.3 is 15.4 Å². The summed E-state index contributed by atoms with van der Waals surface area (Å²) < 4.78 is 6.50. The van der Waals surface area contributed by atoms with E-state index in [1.807, 2.05) is 20.8 Å². The van der Waals surface area contributed by atoms with Crippen LogP contribution in [0.5, 0.6) is 0 Å². The minimum Gasteiger partial charge on any atom is -0.444 e. The number of carbonyl (C=O) groups excluding carboxylic acids is 1. The molecule has 0 spiro atoms. The molecule has 2 N–H and O–H groups in total. The van der Waals surface area contributed by atoms with Crippen LogP contribution in [0.4, 0.5) is 4.79 Å². The van der Waals surface area contributed by atoms with Crippen molar-refractivity contribution >= 4 is 33.4 Å². The van der Waals surface area contributed by atoms with Gasteiger partial charge in [-0.25, -0.2) is 4.79 Å². The van der Waals surface area contributed by atoms with E-state index in [0.717, 1.165) is 36.8 Å². The molecule has 0 unspecified atom stereocenters. The fraction of sp³-hybridized carbons (Fsp3) is 0.667. The van der Waals surface area contributed by atoms with Crippen LogP contribution < -0.4 is 10.6 Å². The Hall–Kier alpha value is -0.590. The number of thiophene rings is 1. The van der Waals surface area contributed by atoms with E-state index in [9.17, 15) is 4.79 Å². The Morgan fingerprint density at radius 2 is 2.19 bits per heavy atom. The first-order valence-electron chi connectivity index (χ1n) is 7.23. The fourth-order valence-electron chi connectivity index (χ4n) is 2.34. The lowest BCUT2D eigenvalue weighted by Gasteiger charge is -2.42. The zero-order valence-electron chi connectivity index (χ0n) is 12.8. The van der Waals surface area contributed by atoms with Gasteiger partial charge in [0.25, 0.3) is 0 Å². The van der Waals surface area contributed by atoms with Crippen LogP contribution >= 0.6 is 27.3 Å². The molecule has 4 nitrogen and oxygen atoms in total. The second-order valence-electron chi connectivity index (χ2n) is 6.56. The van der Waals surface area contributed by atoms with Crippen LogP contribution in [0, 0.1) is 0 Å². The third-order valence-electron chi connectivity index (χ3n) is 3.52. The molecule has 0 atom stereocenters. The standard InChI is InChI=1S/C15H23BrN2O2S/c1-14(2,3)20-13(19)18-15(6-4-7-15)10-17-9-12-11(16)5-8-21-12/h5,8,17H,4,6-7,9-10H2,1-3H3,(H,18,19). The molecule has 1 fully saturated rings. The maximum atomic E-state index is 11.9. The van der Waals surface area contributed by atoms with E-state index in [1.165, 1.54) is 4.88 Å². The summed E-state index contributed by atoms with van der Waals surface area (Å²) in [7, 11) is 0. The molecule has 2 rings (SSSR count). The Morgan fingerprint density at radius 3 is 2.67 bits per heavy atom. The highest BCUT2D eigenvalue weighted by Crippen LogP contribution is 2.32. The van der Waals surface area contributed by atoms with Gasteiger partial charge in [0.2, 0.25) is 0 Å². The van der Waals surface area contributed by atoms with Gasteiger partial charge in [-0.1, -0.05) is 0 Å². The van der Waals surface area contributed by atoms with E-state index in [-0.39, 0.29) is 11.6 Å². The van der Waals surface area contributed by atoms with Gasteiger partial charge in [0.05, 0.1) is 5.54 Å². The molecule has 0 saturated heterocycles. The monoisotopic (exact) mass is 374 g/mol. The van der Waals surface area contributed by atoms with Crippen molar-refractivity contribution in [3.8, 4) is 0 Å². The fourth-order valence-corrected chi connectivity index (χ4v) is 3.80. The maximum absolute atomic E-state index is 11.9. The molecule has 21 heavy (non-hydrogen) atoms. The summed E-state index contributed by atoms with van der Waals surface area (Å²) >= 11 is 5.26. The van der Waals surface area contributed by atoms with Gasteiger partial charge in [0.1, 0.15) is 5.60 Å². The highest BCUT2D eigenvalue weighted by Gasteiger charge is 2.39. The lowest BCUT2D eigenvalue weighted by Crippen LogP contribution is -2.59. The quantitative estimate of drug-likeness (QED) is 0.817. The van der Waals surface area contributed by atoms with E-state index in [0.29, 0.717) is 0 Å². The molecule has 1 amide bonds. The van der Waals surface area contributed by atoms with Crippen molar-refractivity contribution in [2.45, 2.75) is 57.7 Å². The van der Waals surface area contributed by atoms with Crippen LogP contribution in [0.25, 0.3) is 0 Å². The Morgan fingerprint density at radius 1 is 1.48 bits per heavy atom. The maximum Gasteiger partial charge on any atom is 0.408 e. The smallest absolute Gasteiger partial charge is 0.408 e. The largest absolute Gasteiger partial charge is 0.444 e. The normalized spacial score (nSPS) is 17.1. The van der Waals surface area contributed by atoms with Gasteiger partial charge >= 0.3 is 6.09 Å². The number of ether oxygens (including phenoxy) is 1. The first kappa shape index (κ1) is 16.8. The van der Waals surface area contributed by atoms with Crippen molar-refractivity contribution in [3.63, 3.8) is 0 Å². The third kappa shape index (κ3) is 4.97. The first-order chi connectivity index (χ1) is 9.80. The predicted molar refractivity (Wildman–Crippen MR) is 89.7 cm³/mol. The van der Waals surface area contributed by atoms with Crippen molar-refractivity contribution in [1.29, 1.82) is 0 Å². The van der Waals surface area contributed by atoms with Crippen molar-refractivity contribution < 1.29 is 9.53 Å². The Balaban J connectivity index is 1.81. The summed E-state index contributed by atoms with van der Waals surface area (Å²) in [5.74, 6) is 0. The highest BCUT2D eigenvalue weighted by molar-refractivity contribution is 9.10. The molecule has 1 aromatic heterocycles. The summed E-state index contributed by atoms with van der Waals surface area (Å²) in [4.78, 5) is 13.2. The van der Waals surface area contributed by atoms with Crippen molar-refractivity contribution in [2.75, 3.05) is 6.54 Å². The number of hydrogen-bond acceptors (Lipinski definition) is 4. The second kappa shape index (κ2) is 6.67. The number of rotatable bonds is 5. The van der Waals surface area contributed by atoms with E-state index >= 15 is 0 Å². The van der Waals surface area contributed by atoms with Gasteiger partial charge in [0.15, 0.2) is 0 Å². The SMILES string of the molecule is CC(C)(C)OC(=O)NC1(CNCc2sccc2Br)CCC1. The minimum absolute atomic E-state index is 0.147. The van der Waals surface area contributed by atoms with Gasteiger partial charge in [-0.2, -0.15) is 0 Å². The highest BCUT2D eigenvalue weighted by atomic mass is 79.9. The third-order valence-corrected chi connectivity index (χ3v) is 5.44. The van der Waals surface area contributed by atoms with Gasteiger partial charge in [-0.05, 0) is 67.4 Å². The topological polar surface area (TPSA) is 50.4 Å². The molecule has 0 aliphatic heterocycles. The van der Waals surface area contributed by atoms with Crippen LogP contribution in [-0.2, 0) is 11.3 Å². The van der Waals surface area contributed by atoms with Crippen molar-refractivity contribution in [3.05, 3.63) is 20.8 Å². The predicted octanol–water partition coefficient (Wildman–Crippen LogP) is 4.05. The van der Waals surface area contributed by atoms with Gasteiger partial charge in [-0.3, -0.25) is 0 Å². The molecule has 1 aliphatic carbocycles. The van der Waals surface area contributed by atoms with Crippen molar-refractivity contribution in [1.82, 2.24) is 10.6 Å². The molecule has 118 valence electrons. The summed E-state index contributed by atoms with van der Waals surface area (Å²) in [6.07, 6.45) is 2.84. The lowest BCUT2D eigenvalue weighted by atomic mass is 9.76. The van der Waals surface area contributed by atoms with E-state index < -0.39 is 5.60 Å². The molecule has 0 aromatic carbocycles. The molecule has 1 aromatic rings. The molecule has 6 heteroatoms. The molecule has 1 aliphatic rings. The molecular formula is C15H23BrN2O2S. The van der Waals surface area contributed by atoms with Crippen LogP contribution in [0.1, 0.15) is 44.9 Å². The van der Waals surface area contributed by atoms with E-state index in [4.69, 9.17) is 4.74 Å². The van der Waals surface area contributed by atoms with Crippen LogP contribution in [0.2, 0.25) is 0 Å². The Kier molecular flexibility index (Phi) is 5.33. The summed E-state index contributed by atoms with van der Waals surface area (Å²) in [5, 5.41) is 8.57. The lowest BCUT2D eigenvalue weighted by molar-refractivity contribution is 0.0382. The number of alkyl carbamates (subject to hydrolysis) is 1. The Bertz CT molecular complexity index is 492. The molecular weight excluding hydrogens is 352 g/mol. The van der Waals surface area contributed by atoms with Crippen LogP contribution in [0.15, 0.2) is 15.9 Å². The number of amides is 1. The number of halogens is 1. The first-order valence-corrected chi connectivity index (χ1v) is 8.91. The van der Waals surface area contributed by atoms with Gasteiger partial charge in [-0.15, -0.1) is 11.3 Å². The zero-order valence-corrected chi connectivity index (χ0v) is 15.2. The van der Waals surface area contributed by atoms with Crippen LogP contribution in [-0.4, -0.2) is 23.8 Å². The average molecular weight is 375 g/mol. The zero-order chi connectivity index (χ0) is 15.5. The molecule has 1 heterocycles. The average Bonchev–Trinajstić information content (AvgIpc) is 2.69. The molecule has 1 saturated carbocycles.